The van der Waals surface area contributed by atoms with Gasteiger partial charge in [-0.2, -0.15) is 0 Å². The van der Waals surface area contributed by atoms with Crippen molar-refractivity contribution in [1.29, 1.82) is 0 Å². The van der Waals surface area contributed by atoms with Crippen LogP contribution in [-0.2, 0) is 13.2 Å². The first-order valence-corrected chi connectivity index (χ1v) is 6.60. The molecule has 7 heteroatoms. The van der Waals surface area contributed by atoms with Gasteiger partial charge >= 0.3 is 0 Å². The van der Waals surface area contributed by atoms with E-state index in [0.29, 0.717) is 17.9 Å². The number of aliphatic hydroxyl groups excluding tert-OH is 1. The first kappa shape index (κ1) is 13.2. The first-order valence-electron chi connectivity index (χ1n) is 5.34. The van der Waals surface area contributed by atoms with E-state index in [-0.39, 0.29) is 11.8 Å². The first-order chi connectivity index (χ1) is 8.61. The van der Waals surface area contributed by atoms with Gasteiger partial charge in [-0.1, -0.05) is 11.6 Å². The molecule has 0 aliphatic carbocycles. The summed E-state index contributed by atoms with van der Waals surface area (Å²) in [6.07, 6.45) is 1.39. The molecule has 5 nitrogen and oxygen atoms in total. The molecular weight excluding hydrogens is 272 g/mol. The fourth-order valence-corrected chi connectivity index (χ4v) is 2.44. The minimum atomic E-state index is -0.185. The van der Waals surface area contributed by atoms with Crippen LogP contribution in [0.25, 0.3) is 0 Å². The highest BCUT2D eigenvalue weighted by atomic mass is 35.5. The van der Waals surface area contributed by atoms with E-state index in [1.807, 2.05) is 24.3 Å². The van der Waals surface area contributed by atoms with Crippen molar-refractivity contribution in [2.24, 2.45) is 0 Å². The van der Waals surface area contributed by atoms with Gasteiger partial charge in [0.2, 0.25) is 0 Å². The van der Waals surface area contributed by atoms with Crippen molar-refractivity contribution < 1.29 is 5.11 Å². The zero-order valence-corrected chi connectivity index (χ0v) is 11.7. The minimum Gasteiger partial charge on any atom is -0.391 e. The van der Waals surface area contributed by atoms with E-state index in [1.165, 1.54) is 6.33 Å². The van der Waals surface area contributed by atoms with Crippen LogP contribution in [0.15, 0.2) is 11.7 Å². The molecule has 1 N–H and O–H groups in total. The number of anilines is 1. The van der Waals surface area contributed by atoms with Crippen LogP contribution in [0.1, 0.15) is 16.3 Å². The van der Waals surface area contributed by atoms with E-state index in [4.69, 9.17) is 11.6 Å². The summed E-state index contributed by atoms with van der Waals surface area (Å²) < 4.78 is 0. The number of hydrogen-bond acceptors (Lipinski definition) is 6. The Labute approximate surface area is 114 Å². The third-order valence-corrected chi connectivity index (χ3v) is 3.60. The Morgan fingerprint density at radius 1 is 1.44 bits per heavy atom. The van der Waals surface area contributed by atoms with Crippen molar-refractivity contribution in [1.82, 2.24) is 15.0 Å². The summed E-state index contributed by atoms with van der Waals surface area (Å²) in [5.41, 5.74) is 1.51. The number of rotatable bonds is 4. The average molecular weight is 285 g/mol. The number of aryl methyl sites for hydroxylation is 1. The standard InChI is InChI=1S/C11H13ClN4OS/c1-7-15-8(5-18-7)3-16(2)11-9(4-17)10(12)13-6-14-11/h5-6,17H,3-4H2,1-2H3. The molecule has 18 heavy (non-hydrogen) atoms. The zero-order valence-electron chi connectivity index (χ0n) is 10.1. The maximum atomic E-state index is 9.31. The number of thiazole rings is 1. The van der Waals surface area contributed by atoms with Crippen LogP contribution in [0.2, 0.25) is 5.15 Å². The summed E-state index contributed by atoms with van der Waals surface area (Å²) in [5.74, 6) is 0.628. The van der Waals surface area contributed by atoms with E-state index in [0.717, 1.165) is 10.7 Å². The molecule has 0 atom stereocenters. The fraction of sp³-hybridized carbons (Fsp3) is 0.364. The second kappa shape index (κ2) is 5.60. The molecule has 2 aromatic heterocycles. The number of aliphatic hydroxyl groups is 1. The molecule has 0 bridgehead atoms. The maximum Gasteiger partial charge on any atom is 0.140 e. The quantitative estimate of drug-likeness (QED) is 0.871. The van der Waals surface area contributed by atoms with Crippen LogP contribution < -0.4 is 4.90 Å². The lowest BCUT2D eigenvalue weighted by molar-refractivity contribution is 0.281. The number of hydrogen-bond donors (Lipinski definition) is 1. The molecule has 96 valence electrons. The number of nitrogens with zero attached hydrogens (tertiary/aromatic N) is 4. The lowest BCUT2D eigenvalue weighted by Gasteiger charge is -2.19. The fourth-order valence-electron chi connectivity index (χ4n) is 1.65. The molecule has 0 amide bonds. The Morgan fingerprint density at radius 3 is 2.83 bits per heavy atom. The van der Waals surface area contributed by atoms with Crippen LogP contribution in [0.3, 0.4) is 0 Å². The molecule has 0 radical (unpaired) electrons. The topological polar surface area (TPSA) is 62.1 Å². The summed E-state index contributed by atoms with van der Waals surface area (Å²) in [4.78, 5) is 14.3. The van der Waals surface area contributed by atoms with Gasteiger partial charge in [0.15, 0.2) is 0 Å². The SMILES string of the molecule is Cc1nc(CN(C)c2ncnc(Cl)c2CO)cs1. The van der Waals surface area contributed by atoms with Crippen LogP contribution in [0.4, 0.5) is 5.82 Å². The highest BCUT2D eigenvalue weighted by molar-refractivity contribution is 7.09. The minimum absolute atomic E-state index is 0.185. The molecule has 2 rings (SSSR count). The highest BCUT2D eigenvalue weighted by Gasteiger charge is 2.14. The molecule has 0 fully saturated rings. The summed E-state index contributed by atoms with van der Waals surface area (Å²) in [6, 6.07) is 0. The Kier molecular flexibility index (Phi) is 4.11. The lowest BCUT2D eigenvalue weighted by atomic mass is 10.3. The predicted molar refractivity (Wildman–Crippen MR) is 71.9 cm³/mol. The molecule has 0 unspecified atom stereocenters. The van der Waals surface area contributed by atoms with Crippen molar-refractivity contribution in [3.63, 3.8) is 0 Å². The Bertz CT molecular complexity index is 546. The van der Waals surface area contributed by atoms with Gasteiger partial charge in [0.25, 0.3) is 0 Å². The summed E-state index contributed by atoms with van der Waals surface area (Å²) >= 11 is 7.54. The van der Waals surface area contributed by atoms with Gasteiger partial charge in [-0.25, -0.2) is 15.0 Å². The third-order valence-electron chi connectivity index (χ3n) is 2.46. The maximum absolute atomic E-state index is 9.31. The highest BCUT2D eigenvalue weighted by Crippen LogP contribution is 2.23. The van der Waals surface area contributed by atoms with Crippen molar-refractivity contribution in [2.75, 3.05) is 11.9 Å². The van der Waals surface area contributed by atoms with Gasteiger partial charge in [0, 0.05) is 12.4 Å². The molecular formula is C11H13ClN4OS. The normalized spacial score (nSPS) is 10.7. The van der Waals surface area contributed by atoms with Crippen molar-refractivity contribution >= 4 is 28.8 Å². The predicted octanol–water partition coefficient (Wildman–Crippen LogP) is 2.02. The monoisotopic (exact) mass is 284 g/mol. The molecule has 0 aromatic carbocycles. The number of aromatic nitrogens is 3. The summed E-state index contributed by atoms with van der Waals surface area (Å²) in [5, 5.41) is 12.6. The van der Waals surface area contributed by atoms with Crippen LogP contribution in [0.5, 0.6) is 0 Å². The molecule has 0 aliphatic heterocycles. The number of halogens is 1. The molecule has 2 aromatic rings. The zero-order chi connectivity index (χ0) is 13.1. The Morgan fingerprint density at radius 2 is 2.22 bits per heavy atom. The van der Waals surface area contributed by atoms with Crippen molar-refractivity contribution in [3.05, 3.63) is 33.1 Å². The van der Waals surface area contributed by atoms with E-state index in [1.54, 1.807) is 11.3 Å². The third kappa shape index (κ3) is 2.77. The summed E-state index contributed by atoms with van der Waals surface area (Å²) in [7, 11) is 1.88. The van der Waals surface area contributed by atoms with Gasteiger partial charge in [0.05, 0.1) is 29.4 Å². The smallest absolute Gasteiger partial charge is 0.140 e. The molecule has 0 spiro atoms. The van der Waals surface area contributed by atoms with E-state index >= 15 is 0 Å². The second-order valence-electron chi connectivity index (χ2n) is 3.84. The Hall–Kier alpha value is -1.24. The van der Waals surface area contributed by atoms with Crippen LogP contribution in [0, 0.1) is 6.92 Å². The molecule has 0 saturated carbocycles. The van der Waals surface area contributed by atoms with E-state index < -0.39 is 0 Å². The second-order valence-corrected chi connectivity index (χ2v) is 5.26. The lowest BCUT2D eigenvalue weighted by Crippen LogP contribution is -2.20. The van der Waals surface area contributed by atoms with Crippen LogP contribution in [-0.4, -0.2) is 27.1 Å². The molecule has 0 saturated heterocycles. The average Bonchev–Trinajstić information content (AvgIpc) is 2.74. The molecule has 2 heterocycles. The van der Waals surface area contributed by atoms with Crippen LogP contribution >= 0.6 is 22.9 Å². The van der Waals surface area contributed by atoms with Crippen molar-refractivity contribution in [3.8, 4) is 0 Å². The Balaban J connectivity index is 2.23. The van der Waals surface area contributed by atoms with E-state index in [9.17, 15) is 5.11 Å². The van der Waals surface area contributed by atoms with Gasteiger partial charge in [-0.3, -0.25) is 0 Å². The van der Waals surface area contributed by atoms with Gasteiger partial charge in [-0.05, 0) is 6.92 Å². The van der Waals surface area contributed by atoms with Gasteiger partial charge in [0.1, 0.15) is 17.3 Å². The largest absolute Gasteiger partial charge is 0.391 e. The van der Waals surface area contributed by atoms with Crippen molar-refractivity contribution in [2.45, 2.75) is 20.1 Å². The summed E-state index contributed by atoms with van der Waals surface area (Å²) in [6.45, 7) is 2.40. The van der Waals surface area contributed by atoms with E-state index in [2.05, 4.69) is 15.0 Å². The van der Waals surface area contributed by atoms with Gasteiger partial charge in [-0.15, -0.1) is 11.3 Å². The molecule has 0 aliphatic rings. The van der Waals surface area contributed by atoms with Gasteiger partial charge < -0.3 is 10.0 Å².